The fourth-order valence-corrected chi connectivity index (χ4v) is 7.93. The maximum absolute atomic E-state index is 12.3. The van der Waals surface area contributed by atoms with Crippen LogP contribution in [-0.2, 0) is 11.3 Å². The van der Waals surface area contributed by atoms with E-state index in [1.807, 2.05) is 43.4 Å². The van der Waals surface area contributed by atoms with Crippen LogP contribution in [0.15, 0.2) is 75.6 Å². The summed E-state index contributed by atoms with van der Waals surface area (Å²) in [7, 11) is 1.90. The number of nitriles is 1. The number of aliphatic imine (C=N–C) groups is 1. The number of aromatic nitrogens is 2. The summed E-state index contributed by atoms with van der Waals surface area (Å²) in [6, 6.07) is 10.5. The number of aldehydes is 2. The largest absolute Gasteiger partial charge is 0.434 e. The summed E-state index contributed by atoms with van der Waals surface area (Å²) < 4.78 is 6.26. The zero-order valence-electron chi connectivity index (χ0n) is 32.6. The van der Waals surface area contributed by atoms with E-state index in [1.54, 1.807) is 6.20 Å². The van der Waals surface area contributed by atoms with Gasteiger partial charge in [-0.05, 0) is 118 Å². The number of rotatable bonds is 13. The van der Waals surface area contributed by atoms with Crippen LogP contribution in [0.5, 0.6) is 0 Å². The van der Waals surface area contributed by atoms with Crippen LogP contribution in [0.25, 0.3) is 34.5 Å². The van der Waals surface area contributed by atoms with Crippen molar-refractivity contribution in [2.75, 3.05) is 46.3 Å². The molecule has 4 aliphatic rings. The van der Waals surface area contributed by atoms with Gasteiger partial charge in [0.25, 0.3) is 0 Å². The van der Waals surface area contributed by atoms with Crippen molar-refractivity contribution in [3.05, 3.63) is 105 Å². The summed E-state index contributed by atoms with van der Waals surface area (Å²) in [6.45, 7) is 10.6. The van der Waals surface area contributed by atoms with Gasteiger partial charge in [0.15, 0.2) is 23.6 Å². The number of benzene rings is 1. The summed E-state index contributed by atoms with van der Waals surface area (Å²) in [4.78, 5) is 44.5. The quantitative estimate of drug-likeness (QED) is 0.179. The highest BCUT2D eigenvalue weighted by Crippen LogP contribution is 2.36. The van der Waals surface area contributed by atoms with Crippen molar-refractivity contribution in [2.24, 2.45) is 10.9 Å². The van der Waals surface area contributed by atoms with Gasteiger partial charge in [-0.3, -0.25) is 14.7 Å². The molecule has 56 heavy (non-hydrogen) atoms. The molecule has 2 fully saturated rings. The first kappa shape index (κ1) is 38.6. The number of fused-ring (bicyclic) bond motifs is 1. The average molecular weight is 751 g/mol. The molecule has 0 unspecified atom stereocenters. The smallest absolute Gasteiger partial charge is 0.227 e. The first-order chi connectivity index (χ1) is 27.3. The Morgan fingerprint density at radius 3 is 2.64 bits per heavy atom. The van der Waals surface area contributed by atoms with Gasteiger partial charge in [-0.25, -0.2) is 9.98 Å². The van der Waals surface area contributed by atoms with Crippen molar-refractivity contribution in [1.82, 2.24) is 30.0 Å². The number of nitrogens with one attached hydrogen (secondary N) is 1. The van der Waals surface area contributed by atoms with Gasteiger partial charge in [0.1, 0.15) is 23.3 Å². The van der Waals surface area contributed by atoms with E-state index in [9.17, 15) is 14.9 Å². The molecule has 1 N–H and O–H groups in total. The lowest BCUT2D eigenvalue weighted by molar-refractivity contribution is -0.112. The minimum absolute atomic E-state index is 0.0812. The fraction of sp³-hybridized carbons (Fsp3) is 0.378. The Kier molecular flexibility index (Phi) is 12.3. The van der Waals surface area contributed by atoms with Gasteiger partial charge < -0.3 is 24.3 Å². The maximum Gasteiger partial charge on any atom is 0.227 e. The van der Waals surface area contributed by atoms with Crippen LogP contribution in [0.4, 0.5) is 0 Å². The number of carbonyl (C=O) groups is 2. The lowest BCUT2D eigenvalue weighted by atomic mass is 9.91. The summed E-state index contributed by atoms with van der Waals surface area (Å²) >= 11 is 0. The van der Waals surface area contributed by atoms with Gasteiger partial charge in [-0.15, -0.1) is 0 Å². The van der Waals surface area contributed by atoms with Crippen molar-refractivity contribution in [2.45, 2.75) is 58.9 Å². The second kappa shape index (κ2) is 17.8. The van der Waals surface area contributed by atoms with E-state index >= 15 is 0 Å². The molecule has 11 heteroatoms. The van der Waals surface area contributed by atoms with Crippen LogP contribution in [-0.4, -0.2) is 89.8 Å². The van der Waals surface area contributed by atoms with Crippen LogP contribution >= 0.6 is 0 Å². The Balaban J connectivity index is 1.14. The second-order valence-electron chi connectivity index (χ2n) is 15.1. The highest BCUT2D eigenvalue weighted by Gasteiger charge is 2.23. The average Bonchev–Trinajstić information content (AvgIpc) is 3.81. The van der Waals surface area contributed by atoms with Gasteiger partial charge in [0.2, 0.25) is 5.89 Å². The Bertz CT molecular complexity index is 2290. The van der Waals surface area contributed by atoms with Crippen LogP contribution in [0.3, 0.4) is 0 Å². The molecule has 11 nitrogen and oxygen atoms in total. The standard InChI is InChI=1S/C45H50N8O3/c1-31-37(12-8-13-39(31)45-50-41(30-55)43(56-45)36(25-46)28-51(3)22-23-52-20-15-33(29-54)16-21-52)38-11-4-5-14-40(32(38)2)49-44-42-35(10-9-17-47-44)24-34(26-48-42)27-53-18-6-7-19-53/h5,8,10-14,17,24,26,28-30,33,49H,4,6-7,9,15-16,18-23,27H2,1-3H3/b36-28-. The molecule has 1 aliphatic carbocycles. The molecule has 7 rings (SSSR count). The van der Waals surface area contributed by atoms with E-state index in [1.165, 1.54) is 18.4 Å². The zero-order chi connectivity index (χ0) is 39.0. The second-order valence-corrected chi connectivity index (χ2v) is 15.1. The van der Waals surface area contributed by atoms with Gasteiger partial charge in [0, 0.05) is 74.1 Å². The highest BCUT2D eigenvalue weighted by molar-refractivity contribution is 5.88. The highest BCUT2D eigenvalue weighted by atomic mass is 16.4. The van der Waals surface area contributed by atoms with Crippen molar-refractivity contribution in [1.29, 1.82) is 5.26 Å². The first-order valence-electron chi connectivity index (χ1n) is 19.7. The minimum atomic E-state index is 0.0812. The molecule has 3 aromatic rings. The molecule has 0 atom stereocenters. The van der Waals surface area contributed by atoms with Crippen LogP contribution in [0, 0.1) is 24.2 Å². The third kappa shape index (κ3) is 8.72. The number of allylic oxidation sites excluding steroid dienone is 6. The van der Waals surface area contributed by atoms with Crippen molar-refractivity contribution in [3.63, 3.8) is 0 Å². The van der Waals surface area contributed by atoms with E-state index in [2.05, 4.69) is 69.5 Å². The number of hydrogen-bond donors (Lipinski definition) is 1. The van der Waals surface area contributed by atoms with Crippen molar-refractivity contribution < 1.29 is 14.0 Å². The number of hydrogen-bond acceptors (Lipinski definition) is 11. The fourth-order valence-electron chi connectivity index (χ4n) is 7.93. The van der Waals surface area contributed by atoms with Crippen LogP contribution in [0.2, 0.25) is 0 Å². The Morgan fingerprint density at radius 2 is 1.88 bits per heavy atom. The normalized spacial score (nSPS) is 18.1. The number of likely N-dealkylation sites (N-methyl/N-ethyl adjacent to an activating group) is 1. The first-order valence-corrected chi connectivity index (χ1v) is 19.7. The van der Waals surface area contributed by atoms with Crippen LogP contribution in [0.1, 0.15) is 78.4 Å². The number of oxazole rings is 1. The number of likely N-dealkylation sites (tertiary alicyclic amines) is 2. The van der Waals surface area contributed by atoms with Gasteiger partial charge >= 0.3 is 0 Å². The van der Waals surface area contributed by atoms with Gasteiger partial charge in [-0.2, -0.15) is 5.26 Å². The Hall–Kier alpha value is -5.70. The number of pyridine rings is 1. The monoisotopic (exact) mass is 750 g/mol. The van der Waals surface area contributed by atoms with E-state index in [0.29, 0.717) is 18.7 Å². The summed E-state index contributed by atoms with van der Waals surface area (Å²) in [5, 5.41) is 15.7. The SMILES string of the molecule is CC1=C(NC2=c3ncc(CN4CCCC4)cc3=CCC=N2)C=CCC=C1c1cccc(-c2nc(C=O)c(/C(C#N)=C\N(C)CCN3CCC(C=O)CC3)o2)c1C. The molecule has 0 spiro atoms. The number of carbonyl (C=O) groups excluding carboxylic acids is 2. The molecule has 5 heterocycles. The molecule has 0 radical (unpaired) electrons. The van der Waals surface area contributed by atoms with E-state index in [0.717, 1.165) is 115 Å². The summed E-state index contributed by atoms with van der Waals surface area (Å²) in [6.07, 6.45) is 21.7. The van der Waals surface area contributed by atoms with Gasteiger partial charge in [-0.1, -0.05) is 30.4 Å². The molecule has 0 amide bonds. The molecule has 3 aliphatic heterocycles. The molecule has 2 aromatic heterocycles. The third-order valence-corrected chi connectivity index (χ3v) is 11.2. The predicted octanol–water partition coefficient (Wildman–Crippen LogP) is 5.39. The molecule has 2 saturated heterocycles. The molecule has 288 valence electrons. The van der Waals surface area contributed by atoms with E-state index in [-0.39, 0.29) is 28.8 Å². The lowest BCUT2D eigenvalue weighted by Gasteiger charge is -2.30. The number of piperidine rings is 1. The number of nitrogens with zero attached hydrogens (tertiary/aromatic N) is 7. The molecule has 0 saturated carbocycles. The minimum Gasteiger partial charge on any atom is -0.434 e. The van der Waals surface area contributed by atoms with E-state index < -0.39 is 0 Å². The zero-order valence-corrected chi connectivity index (χ0v) is 32.6. The topological polar surface area (TPSA) is 131 Å². The summed E-state index contributed by atoms with van der Waals surface area (Å²) in [5.41, 5.74) is 7.26. The third-order valence-electron chi connectivity index (χ3n) is 11.2. The predicted molar refractivity (Wildman–Crippen MR) is 220 cm³/mol. The van der Waals surface area contributed by atoms with Crippen molar-refractivity contribution >= 4 is 41.8 Å². The molecular weight excluding hydrogens is 701 g/mol. The molecule has 1 aromatic carbocycles. The maximum atomic E-state index is 12.3. The Morgan fingerprint density at radius 1 is 1.07 bits per heavy atom. The molecular formula is C45H50N8O3. The Labute approximate surface area is 328 Å². The van der Waals surface area contributed by atoms with E-state index in [4.69, 9.17) is 14.4 Å². The van der Waals surface area contributed by atoms with Crippen LogP contribution < -0.4 is 15.9 Å². The summed E-state index contributed by atoms with van der Waals surface area (Å²) in [5.74, 6) is 1.29. The van der Waals surface area contributed by atoms with Gasteiger partial charge in [0.05, 0.1) is 0 Å². The lowest BCUT2D eigenvalue weighted by Crippen LogP contribution is -2.38. The van der Waals surface area contributed by atoms with Crippen molar-refractivity contribution in [3.8, 4) is 17.5 Å². The molecule has 0 bridgehead atoms.